The maximum absolute atomic E-state index is 12.5. The molecule has 1 fully saturated rings. The Balaban J connectivity index is 1.41. The van der Waals surface area contributed by atoms with Gasteiger partial charge in [-0.3, -0.25) is 9.59 Å². The molecule has 0 aliphatic carbocycles. The van der Waals surface area contributed by atoms with Gasteiger partial charge in [0.05, 0.1) is 5.75 Å². The molecule has 1 saturated heterocycles. The SMILES string of the molecule is O=C(Nc1ccccc1)C1CCN(C(=O)CS(=O)(=O)CCCc2ccccc2)CC1. The first-order valence-electron chi connectivity index (χ1n) is 10.3. The van der Waals surface area contributed by atoms with Crippen LogP contribution in [0.3, 0.4) is 0 Å². The van der Waals surface area contributed by atoms with E-state index in [1.54, 1.807) is 4.90 Å². The van der Waals surface area contributed by atoms with E-state index in [0.29, 0.717) is 38.8 Å². The largest absolute Gasteiger partial charge is 0.342 e. The lowest BCUT2D eigenvalue weighted by atomic mass is 9.96. The Morgan fingerprint density at radius 2 is 1.53 bits per heavy atom. The van der Waals surface area contributed by atoms with E-state index in [2.05, 4.69) is 5.32 Å². The third-order valence-corrected chi connectivity index (χ3v) is 6.96. The number of hydrogen-bond acceptors (Lipinski definition) is 4. The number of nitrogens with one attached hydrogen (secondary N) is 1. The van der Waals surface area contributed by atoms with Crippen molar-refractivity contribution >= 4 is 27.3 Å². The van der Waals surface area contributed by atoms with Gasteiger partial charge in [0.2, 0.25) is 11.8 Å². The molecule has 1 N–H and O–H groups in total. The van der Waals surface area contributed by atoms with E-state index in [4.69, 9.17) is 0 Å². The fourth-order valence-electron chi connectivity index (χ4n) is 3.65. The number of likely N-dealkylation sites (tertiary alicyclic amines) is 1. The van der Waals surface area contributed by atoms with Gasteiger partial charge in [-0.05, 0) is 43.4 Å². The number of carbonyl (C=O) groups is 2. The second-order valence-corrected chi connectivity index (χ2v) is 9.88. The van der Waals surface area contributed by atoms with Gasteiger partial charge in [0, 0.05) is 24.7 Å². The summed E-state index contributed by atoms with van der Waals surface area (Å²) < 4.78 is 24.7. The van der Waals surface area contributed by atoms with E-state index in [9.17, 15) is 18.0 Å². The zero-order chi connectivity index (χ0) is 21.4. The molecule has 0 bridgehead atoms. The number of piperidine rings is 1. The summed E-state index contributed by atoms with van der Waals surface area (Å²) in [6, 6.07) is 19.0. The van der Waals surface area contributed by atoms with Crippen molar-refractivity contribution in [2.24, 2.45) is 5.92 Å². The van der Waals surface area contributed by atoms with Crippen LogP contribution in [0.15, 0.2) is 60.7 Å². The van der Waals surface area contributed by atoms with Gasteiger partial charge < -0.3 is 10.2 Å². The summed E-state index contributed by atoms with van der Waals surface area (Å²) in [6.45, 7) is 0.816. The van der Waals surface area contributed by atoms with Crippen molar-refractivity contribution in [2.45, 2.75) is 25.7 Å². The average molecular weight is 429 g/mol. The summed E-state index contributed by atoms with van der Waals surface area (Å²) >= 11 is 0. The smallest absolute Gasteiger partial charge is 0.237 e. The van der Waals surface area contributed by atoms with Gasteiger partial charge in [0.1, 0.15) is 5.75 Å². The molecule has 0 aromatic heterocycles. The zero-order valence-electron chi connectivity index (χ0n) is 17.0. The molecule has 7 heteroatoms. The Morgan fingerprint density at radius 1 is 0.933 bits per heavy atom. The lowest BCUT2D eigenvalue weighted by Gasteiger charge is -2.31. The Labute approximate surface area is 178 Å². The van der Waals surface area contributed by atoms with Crippen LogP contribution in [-0.2, 0) is 25.8 Å². The molecule has 6 nitrogen and oxygen atoms in total. The molecule has 2 aromatic rings. The number of hydrogen-bond donors (Lipinski definition) is 1. The predicted molar refractivity (Wildman–Crippen MR) is 118 cm³/mol. The van der Waals surface area contributed by atoms with Crippen molar-refractivity contribution in [1.82, 2.24) is 4.90 Å². The van der Waals surface area contributed by atoms with Crippen LogP contribution in [0.2, 0.25) is 0 Å². The van der Waals surface area contributed by atoms with Gasteiger partial charge in [-0.25, -0.2) is 8.42 Å². The Morgan fingerprint density at radius 3 is 2.17 bits per heavy atom. The standard InChI is InChI=1S/C23H28N2O4S/c26-22(18-30(28,29)17-7-10-19-8-3-1-4-9-19)25-15-13-20(14-16-25)23(27)24-21-11-5-2-6-12-21/h1-6,8-9,11-12,20H,7,10,13-18H2,(H,24,27). The molecule has 1 aliphatic rings. The molecule has 0 saturated carbocycles. The molecule has 1 aliphatic heterocycles. The van der Waals surface area contributed by atoms with Gasteiger partial charge in [0.25, 0.3) is 0 Å². The van der Waals surface area contributed by atoms with E-state index in [1.165, 1.54) is 0 Å². The Hall–Kier alpha value is -2.67. The Bertz CT molecular complexity index is 938. The number of amides is 2. The van der Waals surface area contributed by atoms with Gasteiger partial charge >= 0.3 is 0 Å². The van der Waals surface area contributed by atoms with Crippen molar-refractivity contribution < 1.29 is 18.0 Å². The third kappa shape index (κ3) is 6.69. The quantitative estimate of drug-likeness (QED) is 0.701. The number of rotatable bonds is 8. The molecular weight excluding hydrogens is 400 g/mol. The summed E-state index contributed by atoms with van der Waals surface area (Å²) in [5.41, 5.74) is 1.84. The third-order valence-electron chi connectivity index (χ3n) is 5.37. The highest BCUT2D eigenvalue weighted by Gasteiger charge is 2.29. The van der Waals surface area contributed by atoms with E-state index in [0.717, 1.165) is 11.3 Å². The number of carbonyl (C=O) groups excluding carboxylic acids is 2. The Kier molecular flexibility index (Phi) is 7.63. The molecule has 2 aromatic carbocycles. The molecule has 0 spiro atoms. The molecule has 30 heavy (non-hydrogen) atoms. The topological polar surface area (TPSA) is 83.6 Å². The van der Waals surface area contributed by atoms with Crippen molar-refractivity contribution in [3.8, 4) is 0 Å². The molecule has 160 valence electrons. The first kappa shape index (κ1) is 22.0. The van der Waals surface area contributed by atoms with Crippen LogP contribution in [0.25, 0.3) is 0 Å². The van der Waals surface area contributed by atoms with E-state index in [-0.39, 0.29) is 23.5 Å². The van der Waals surface area contributed by atoms with Crippen LogP contribution in [0.1, 0.15) is 24.8 Å². The summed E-state index contributed by atoms with van der Waals surface area (Å²) in [4.78, 5) is 26.4. The van der Waals surface area contributed by atoms with Crippen molar-refractivity contribution in [2.75, 3.05) is 29.9 Å². The van der Waals surface area contributed by atoms with Crippen molar-refractivity contribution in [3.05, 3.63) is 66.2 Å². The van der Waals surface area contributed by atoms with E-state index in [1.807, 2.05) is 60.7 Å². The molecule has 3 rings (SSSR count). The van der Waals surface area contributed by atoms with Gasteiger partial charge in [-0.2, -0.15) is 0 Å². The summed E-state index contributed by atoms with van der Waals surface area (Å²) in [5.74, 6) is -1.04. The highest BCUT2D eigenvalue weighted by molar-refractivity contribution is 7.92. The van der Waals surface area contributed by atoms with Gasteiger partial charge in [0.15, 0.2) is 9.84 Å². The number of benzene rings is 2. The lowest BCUT2D eigenvalue weighted by Crippen LogP contribution is -2.43. The lowest BCUT2D eigenvalue weighted by molar-refractivity contribution is -0.132. The minimum absolute atomic E-state index is 0.00355. The predicted octanol–water partition coefficient (Wildman–Crippen LogP) is 2.91. The average Bonchev–Trinajstić information content (AvgIpc) is 2.75. The molecule has 0 unspecified atom stereocenters. The minimum Gasteiger partial charge on any atom is -0.342 e. The van der Waals surface area contributed by atoms with Crippen molar-refractivity contribution in [3.63, 3.8) is 0 Å². The highest BCUT2D eigenvalue weighted by Crippen LogP contribution is 2.20. The van der Waals surface area contributed by atoms with Gasteiger partial charge in [-0.15, -0.1) is 0 Å². The summed E-state index contributed by atoms with van der Waals surface area (Å²) in [6.07, 6.45) is 2.26. The van der Waals surface area contributed by atoms with Crippen LogP contribution in [0, 0.1) is 5.92 Å². The van der Waals surface area contributed by atoms with Crippen LogP contribution in [0.4, 0.5) is 5.69 Å². The number of para-hydroxylation sites is 1. The number of sulfone groups is 1. The number of anilines is 1. The second kappa shape index (κ2) is 10.4. The molecule has 0 atom stereocenters. The fourth-order valence-corrected chi connectivity index (χ4v) is 4.94. The van der Waals surface area contributed by atoms with Crippen LogP contribution >= 0.6 is 0 Å². The first-order chi connectivity index (χ1) is 14.4. The molecule has 0 radical (unpaired) electrons. The van der Waals surface area contributed by atoms with Crippen molar-refractivity contribution in [1.29, 1.82) is 0 Å². The number of aryl methyl sites for hydroxylation is 1. The first-order valence-corrected chi connectivity index (χ1v) is 12.1. The van der Waals surface area contributed by atoms with E-state index < -0.39 is 15.6 Å². The van der Waals surface area contributed by atoms with E-state index >= 15 is 0 Å². The summed E-state index contributed by atoms with van der Waals surface area (Å²) in [7, 11) is -3.44. The molecular formula is C23H28N2O4S. The highest BCUT2D eigenvalue weighted by atomic mass is 32.2. The maximum atomic E-state index is 12.5. The minimum atomic E-state index is -3.44. The zero-order valence-corrected chi connectivity index (χ0v) is 17.8. The van der Waals surface area contributed by atoms with Crippen LogP contribution < -0.4 is 5.32 Å². The van der Waals surface area contributed by atoms with Crippen LogP contribution in [-0.4, -0.2) is 49.7 Å². The maximum Gasteiger partial charge on any atom is 0.237 e. The molecule has 1 heterocycles. The van der Waals surface area contributed by atoms with Crippen LogP contribution in [0.5, 0.6) is 0 Å². The second-order valence-electron chi connectivity index (χ2n) is 7.69. The molecule has 2 amide bonds. The monoisotopic (exact) mass is 428 g/mol. The normalized spacial score (nSPS) is 15.0. The fraction of sp³-hybridized carbons (Fsp3) is 0.391. The summed E-state index contributed by atoms with van der Waals surface area (Å²) in [5, 5.41) is 2.89. The van der Waals surface area contributed by atoms with Gasteiger partial charge in [-0.1, -0.05) is 48.5 Å². The number of nitrogens with zero attached hydrogens (tertiary/aromatic N) is 1.